The first-order chi connectivity index (χ1) is 10.5. The van der Waals surface area contributed by atoms with Crippen LogP contribution in [0.25, 0.3) is 10.9 Å². The molecule has 1 heterocycles. The molecule has 0 saturated heterocycles. The molecule has 1 aromatic heterocycles. The lowest BCUT2D eigenvalue weighted by Gasteiger charge is -2.28. The summed E-state index contributed by atoms with van der Waals surface area (Å²) < 4.78 is 13.7. The number of halogens is 1. The van der Waals surface area contributed by atoms with Crippen molar-refractivity contribution >= 4 is 22.8 Å². The van der Waals surface area contributed by atoms with Gasteiger partial charge < -0.3 is 15.4 Å². The molecule has 0 aliphatic heterocycles. The van der Waals surface area contributed by atoms with E-state index in [4.69, 9.17) is 5.11 Å². The van der Waals surface area contributed by atoms with E-state index in [9.17, 15) is 14.0 Å². The summed E-state index contributed by atoms with van der Waals surface area (Å²) in [7, 11) is 0. The Morgan fingerprint density at radius 2 is 2.05 bits per heavy atom. The lowest BCUT2D eigenvalue weighted by Crippen LogP contribution is -2.47. The van der Waals surface area contributed by atoms with Crippen LogP contribution in [-0.2, 0) is 4.79 Å². The summed E-state index contributed by atoms with van der Waals surface area (Å²) in [6.07, 6.45) is 3.01. The number of aromatic amines is 1. The van der Waals surface area contributed by atoms with Gasteiger partial charge in [0.2, 0.25) is 0 Å². The van der Waals surface area contributed by atoms with Crippen molar-refractivity contribution < 1.29 is 19.1 Å². The Bertz CT molecular complexity index is 732. The number of rotatable bonds is 4. The summed E-state index contributed by atoms with van der Waals surface area (Å²) in [5.41, 5.74) is 0.0966. The third kappa shape index (κ3) is 2.68. The Morgan fingerprint density at radius 1 is 1.32 bits per heavy atom. The number of H-pyrrole nitrogens is 1. The average molecular weight is 304 g/mol. The third-order valence-corrected chi connectivity index (χ3v) is 4.28. The van der Waals surface area contributed by atoms with Crippen molar-refractivity contribution in [3.63, 3.8) is 0 Å². The minimum Gasteiger partial charge on any atom is -0.481 e. The van der Waals surface area contributed by atoms with Crippen molar-refractivity contribution in [3.8, 4) is 0 Å². The summed E-state index contributed by atoms with van der Waals surface area (Å²) in [5.74, 6) is -1.71. The zero-order chi connectivity index (χ0) is 15.7. The third-order valence-electron chi connectivity index (χ3n) is 4.28. The molecule has 1 aliphatic rings. The first-order valence-electron chi connectivity index (χ1n) is 7.31. The molecule has 116 valence electrons. The molecule has 0 spiro atoms. The van der Waals surface area contributed by atoms with Crippen LogP contribution in [-0.4, -0.2) is 27.5 Å². The van der Waals surface area contributed by atoms with E-state index in [0.717, 1.165) is 12.8 Å². The van der Waals surface area contributed by atoms with Crippen LogP contribution in [0.2, 0.25) is 0 Å². The lowest BCUT2D eigenvalue weighted by molar-refractivity contribution is -0.138. The quantitative estimate of drug-likeness (QED) is 0.812. The van der Waals surface area contributed by atoms with Crippen molar-refractivity contribution in [2.45, 2.75) is 37.6 Å². The zero-order valence-electron chi connectivity index (χ0n) is 12.0. The molecule has 0 radical (unpaired) electrons. The van der Waals surface area contributed by atoms with E-state index in [1.165, 1.54) is 12.1 Å². The number of carbonyl (C=O) groups excluding carboxylic acids is 1. The molecule has 5 nitrogen and oxygen atoms in total. The van der Waals surface area contributed by atoms with E-state index in [2.05, 4.69) is 10.3 Å². The summed E-state index contributed by atoms with van der Waals surface area (Å²) in [5, 5.41) is 12.3. The fourth-order valence-electron chi connectivity index (χ4n) is 3.24. The van der Waals surface area contributed by atoms with Gasteiger partial charge in [0.05, 0.1) is 12.0 Å². The van der Waals surface area contributed by atoms with Crippen LogP contribution < -0.4 is 5.32 Å². The van der Waals surface area contributed by atoms with E-state index < -0.39 is 23.2 Å². The smallest absolute Gasteiger partial charge is 0.305 e. The van der Waals surface area contributed by atoms with Crippen LogP contribution in [0.15, 0.2) is 24.3 Å². The highest BCUT2D eigenvalue weighted by Crippen LogP contribution is 2.33. The summed E-state index contributed by atoms with van der Waals surface area (Å²) >= 11 is 0. The van der Waals surface area contributed by atoms with E-state index in [1.54, 1.807) is 12.1 Å². The van der Waals surface area contributed by atoms with Gasteiger partial charge in [-0.2, -0.15) is 0 Å². The van der Waals surface area contributed by atoms with E-state index in [0.29, 0.717) is 23.7 Å². The predicted molar refractivity (Wildman–Crippen MR) is 79.2 cm³/mol. The Labute approximate surface area is 126 Å². The predicted octanol–water partition coefficient (Wildman–Crippen LogP) is 2.82. The number of hydrogen-bond donors (Lipinski definition) is 3. The lowest BCUT2D eigenvalue weighted by atomic mass is 9.93. The molecule has 1 fully saturated rings. The van der Waals surface area contributed by atoms with Crippen molar-refractivity contribution in [1.29, 1.82) is 0 Å². The standard InChI is InChI=1S/C16H17FN2O3/c17-11-4-3-5-12-10(11)8-13(18-12)15(22)19-16(9-14(20)21)6-1-2-7-16/h3-5,8,18H,1-2,6-7,9H2,(H,19,22)(H,20,21). The van der Waals surface area contributed by atoms with Gasteiger partial charge in [-0.25, -0.2) is 4.39 Å². The number of benzene rings is 1. The maximum Gasteiger partial charge on any atom is 0.305 e. The first kappa shape index (κ1) is 14.6. The minimum absolute atomic E-state index is 0.0900. The van der Waals surface area contributed by atoms with Crippen LogP contribution in [0.3, 0.4) is 0 Å². The Kier molecular flexibility index (Phi) is 3.60. The number of amides is 1. The molecule has 1 aromatic carbocycles. The van der Waals surface area contributed by atoms with Crippen molar-refractivity contribution in [2.75, 3.05) is 0 Å². The fraction of sp³-hybridized carbons (Fsp3) is 0.375. The van der Waals surface area contributed by atoms with Gasteiger partial charge in [-0.3, -0.25) is 9.59 Å². The Balaban J connectivity index is 1.85. The number of carbonyl (C=O) groups is 2. The molecule has 22 heavy (non-hydrogen) atoms. The Hall–Kier alpha value is -2.37. The van der Waals surface area contributed by atoms with Gasteiger partial charge in [-0.1, -0.05) is 18.9 Å². The fourth-order valence-corrected chi connectivity index (χ4v) is 3.24. The molecule has 6 heteroatoms. The number of nitrogens with one attached hydrogen (secondary N) is 2. The van der Waals surface area contributed by atoms with Crippen LogP contribution in [0.4, 0.5) is 4.39 Å². The van der Waals surface area contributed by atoms with Gasteiger partial charge in [-0.05, 0) is 31.0 Å². The molecular weight excluding hydrogens is 287 g/mol. The van der Waals surface area contributed by atoms with Crippen molar-refractivity contribution in [1.82, 2.24) is 10.3 Å². The second-order valence-electron chi connectivity index (χ2n) is 5.90. The monoisotopic (exact) mass is 304 g/mol. The van der Waals surface area contributed by atoms with Crippen molar-refractivity contribution in [3.05, 3.63) is 35.8 Å². The number of aliphatic carboxylic acids is 1. The molecule has 3 rings (SSSR count). The first-order valence-corrected chi connectivity index (χ1v) is 7.31. The molecule has 1 saturated carbocycles. The highest BCUT2D eigenvalue weighted by molar-refractivity contribution is 5.98. The van der Waals surface area contributed by atoms with Crippen molar-refractivity contribution in [2.24, 2.45) is 0 Å². The molecule has 1 aliphatic carbocycles. The van der Waals surface area contributed by atoms with Gasteiger partial charge >= 0.3 is 5.97 Å². The van der Waals surface area contributed by atoms with Gasteiger partial charge in [0.25, 0.3) is 5.91 Å². The van der Waals surface area contributed by atoms with E-state index in [-0.39, 0.29) is 12.1 Å². The largest absolute Gasteiger partial charge is 0.481 e. The van der Waals surface area contributed by atoms with Crippen LogP contribution in [0.1, 0.15) is 42.6 Å². The highest BCUT2D eigenvalue weighted by atomic mass is 19.1. The zero-order valence-corrected chi connectivity index (χ0v) is 12.0. The number of fused-ring (bicyclic) bond motifs is 1. The minimum atomic E-state index is -0.926. The van der Waals surface area contributed by atoms with Gasteiger partial charge in [0.15, 0.2) is 0 Å². The molecular formula is C16H17FN2O3. The summed E-state index contributed by atoms with van der Waals surface area (Å²) in [4.78, 5) is 26.3. The molecule has 0 atom stereocenters. The maximum absolute atomic E-state index is 13.7. The molecule has 3 N–H and O–H groups in total. The van der Waals surface area contributed by atoms with Gasteiger partial charge in [-0.15, -0.1) is 0 Å². The topological polar surface area (TPSA) is 82.2 Å². The maximum atomic E-state index is 13.7. The molecule has 2 aromatic rings. The number of carboxylic acid groups (broad SMARTS) is 1. The van der Waals surface area contributed by atoms with E-state index in [1.807, 2.05) is 0 Å². The Morgan fingerprint density at radius 3 is 2.68 bits per heavy atom. The van der Waals surface area contributed by atoms with E-state index >= 15 is 0 Å². The summed E-state index contributed by atoms with van der Waals surface area (Å²) in [6.45, 7) is 0. The molecule has 0 unspecified atom stereocenters. The van der Waals surface area contributed by atoms with Gasteiger partial charge in [0, 0.05) is 10.9 Å². The van der Waals surface area contributed by atoms with Crippen LogP contribution >= 0.6 is 0 Å². The number of aromatic nitrogens is 1. The average Bonchev–Trinajstić information content (AvgIpc) is 3.05. The second-order valence-corrected chi connectivity index (χ2v) is 5.90. The SMILES string of the molecule is O=C(O)CC1(NC(=O)c2cc3c(F)cccc3[nH]2)CCCC1. The number of hydrogen-bond acceptors (Lipinski definition) is 2. The molecule has 1 amide bonds. The highest BCUT2D eigenvalue weighted by Gasteiger charge is 2.37. The summed E-state index contributed by atoms with van der Waals surface area (Å²) in [6, 6.07) is 6.06. The van der Waals surface area contributed by atoms with Gasteiger partial charge in [0.1, 0.15) is 11.5 Å². The van der Waals surface area contributed by atoms with Crippen LogP contribution in [0.5, 0.6) is 0 Å². The second kappa shape index (κ2) is 5.44. The molecule has 0 bridgehead atoms. The van der Waals surface area contributed by atoms with Crippen LogP contribution in [0, 0.1) is 5.82 Å². The number of carboxylic acids is 1. The normalized spacial score (nSPS) is 16.8.